The first-order valence-corrected chi connectivity index (χ1v) is 6.83. The number of benzene rings is 1. The van der Waals surface area contributed by atoms with E-state index in [4.69, 9.17) is 0 Å². The number of piperidine rings is 1. The van der Waals surface area contributed by atoms with E-state index in [1.165, 1.54) is 0 Å². The zero-order valence-electron chi connectivity index (χ0n) is 9.82. The Morgan fingerprint density at radius 1 is 1.53 bits per heavy atom. The number of hydrogen-bond acceptors (Lipinski definition) is 2. The number of β-amino-alcohol motifs (C(OH)–C–C–N with tert-alkyl or cyclic N) is 1. The van der Waals surface area contributed by atoms with E-state index in [1.54, 1.807) is 11.8 Å². The van der Waals surface area contributed by atoms with Crippen molar-refractivity contribution in [3.63, 3.8) is 0 Å². The SMILES string of the molecule is CC1(O)CCCN(C(=O)c2cccc(I)c2)C1. The summed E-state index contributed by atoms with van der Waals surface area (Å²) in [7, 11) is 0. The molecule has 1 amide bonds. The van der Waals surface area contributed by atoms with E-state index < -0.39 is 5.60 Å². The lowest BCUT2D eigenvalue weighted by atomic mass is 9.94. The lowest BCUT2D eigenvalue weighted by molar-refractivity contribution is -0.0107. The molecule has 1 N–H and O–H groups in total. The summed E-state index contributed by atoms with van der Waals surface area (Å²) in [6, 6.07) is 7.56. The molecule has 1 saturated heterocycles. The van der Waals surface area contributed by atoms with Crippen molar-refractivity contribution in [2.45, 2.75) is 25.4 Å². The number of halogens is 1. The van der Waals surface area contributed by atoms with Gasteiger partial charge in [-0.2, -0.15) is 0 Å². The number of carbonyl (C=O) groups excluding carboxylic acids is 1. The van der Waals surface area contributed by atoms with Crippen LogP contribution in [0.5, 0.6) is 0 Å². The highest BCUT2D eigenvalue weighted by Crippen LogP contribution is 2.22. The van der Waals surface area contributed by atoms with Gasteiger partial charge in [-0.3, -0.25) is 4.79 Å². The molecule has 1 atom stereocenters. The van der Waals surface area contributed by atoms with Crippen molar-refractivity contribution in [3.8, 4) is 0 Å². The lowest BCUT2D eigenvalue weighted by Gasteiger charge is -2.36. The molecule has 0 radical (unpaired) electrons. The van der Waals surface area contributed by atoms with Crippen LogP contribution in [-0.2, 0) is 0 Å². The van der Waals surface area contributed by atoms with Crippen molar-refractivity contribution in [1.82, 2.24) is 4.90 Å². The van der Waals surface area contributed by atoms with E-state index >= 15 is 0 Å². The van der Waals surface area contributed by atoms with Gasteiger partial charge < -0.3 is 10.0 Å². The first kappa shape index (κ1) is 12.8. The predicted molar refractivity (Wildman–Crippen MR) is 74.9 cm³/mol. The smallest absolute Gasteiger partial charge is 0.253 e. The van der Waals surface area contributed by atoms with Gasteiger partial charge in [-0.1, -0.05) is 6.07 Å². The minimum Gasteiger partial charge on any atom is -0.388 e. The zero-order chi connectivity index (χ0) is 12.5. The molecule has 0 saturated carbocycles. The molecule has 1 unspecified atom stereocenters. The van der Waals surface area contributed by atoms with Crippen LogP contribution in [0.4, 0.5) is 0 Å². The Hall–Kier alpha value is -0.620. The van der Waals surface area contributed by atoms with Crippen LogP contribution in [0.15, 0.2) is 24.3 Å². The van der Waals surface area contributed by atoms with E-state index in [1.807, 2.05) is 24.3 Å². The fourth-order valence-corrected chi connectivity index (χ4v) is 2.74. The van der Waals surface area contributed by atoms with E-state index in [-0.39, 0.29) is 5.91 Å². The topological polar surface area (TPSA) is 40.5 Å². The number of nitrogens with zero attached hydrogens (tertiary/aromatic N) is 1. The van der Waals surface area contributed by atoms with Crippen LogP contribution in [0.3, 0.4) is 0 Å². The van der Waals surface area contributed by atoms with Gasteiger partial charge in [0.15, 0.2) is 0 Å². The number of carbonyl (C=O) groups is 1. The van der Waals surface area contributed by atoms with E-state index in [0.29, 0.717) is 12.1 Å². The van der Waals surface area contributed by atoms with E-state index in [0.717, 1.165) is 23.0 Å². The van der Waals surface area contributed by atoms with Crippen molar-refractivity contribution in [3.05, 3.63) is 33.4 Å². The summed E-state index contributed by atoms with van der Waals surface area (Å²) in [5, 5.41) is 10.00. The minimum absolute atomic E-state index is 0.0171. The summed E-state index contributed by atoms with van der Waals surface area (Å²) in [4.78, 5) is 14.0. The molecule has 17 heavy (non-hydrogen) atoms. The highest BCUT2D eigenvalue weighted by atomic mass is 127. The van der Waals surface area contributed by atoms with Gasteiger partial charge in [0.25, 0.3) is 5.91 Å². The molecule has 0 aromatic heterocycles. The third kappa shape index (κ3) is 3.19. The summed E-state index contributed by atoms with van der Waals surface area (Å²) in [6.45, 7) is 2.96. The number of rotatable bonds is 1. The maximum Gasteiger partial charge on any atom is 0.253 e. The van der Waals surface area contributed by atoms with Gasteiger partial charge in [0.1, 0.15) is 0 Å². The predicted octanol–water partition coefficient (Wildman–Crippen LogP) is 2.28. The summed E-state index contributed by atoms with van der Waals surface area (Å²) in [5.41, 5.74) is -0.0369. The number of aliphatic hydroxyl groups is 1. The molecule has 1 aliphatic rings. The van der Waals surface area contributed by atoms with Crippen LogP contribution < -0.4 is 0 Å². The fourth-order valence-electron chi connectivity index (χ4n) is 2.20. The third-order valence-corrected chi connectivity index (χ3v) is 3.70. The Labute approximate surface area is 115 Å². The Morgan fingerprint density at radius 2 is 2.29 bits per heavy atom. The summed E-state index contributed by atoms with van der Waals surface area (Å²) in [5.74, 6) is 0.0171. The Bertz CT molecular complexity index is 431. The second-order valence-electron chi connectivity index (χ2n) is 4.84. The van der Waals surface area contributed by atoms with E-state index in [2.05, 4.69) is 22.6 Å². The highest BCUT2D eigenvalue weighted by molar-refractivity contribution is 14.1. The normalized spacial score (nSPS) is 24.8. The van der Waals surface area contributed by atoms with Crippen molar-refractivity contribution in [2.75, 3.05) is 13.1 Å². The quantitative estimate of drug-likeness (QED) is 0.794. The monoisotopic (exact) mass is 345 g/mol. The van der Waals surface area contributed by atoms with Gasteiger partial charge in [0.05, 0.1) is 5.60 Å². The molecular formula is C13H16INO2. The van der Waals surface area contributed by atoms with Crippen molar-refractivity contribution >= 4 is 28.5 Å². The van der Waals surface area contributed by atoms with Gasteiger partial charge in [-0.25, -0.2) is 0 Å². The summed E-state index contributed by atoms with van der Waals surface area (Å²) < 4.78 is 1.05. The molecular weight excluding hydrogens is 329 g/mol. The van der Waals surface area contributed by atoms with Crippen LogP contribution in [0.2, 0.25) is 0 Å². The van der Waals surface area contributed by atoms with Crippen LogP contribution in [-0.4, -0.2) is 34.6 Å². The van der Waals surface area contributed by atoms with Gasteiger partial charge in [0.2, 0.25) is 0 Å². The van der Waals surface area contributed by atoms with Crippen LogP contribution in [0, 0.1) is 3.57 Å². The molecule has 0 aliphatic carbocycles. The first-order valence-electron chi connectivity index (χ1n) is 5.75. The molecule has 1 heterocycles. The highest BCUT2D eigenvalue weighted by Gasteiger charge is 2.31. The maximum atomic E-state index is 12.3. The minimum atomic E-state index is -0.740. The molecule has 92 valence electrons. The molecule has 3 nitrogen and oxygen atoms in total. The number of hydrogen-bond donors (Lipinski definition) is 1. The molecule has 1 aromatic carbocycles. The fraction of sp³-hybridized carbons (Fsp3) is 0.462. The Balaban J connectivity index is 2.15. The molecule has 2 rings (SSSR count). The molecule has 0 spiro atoms. The maximum absolute atomic E-state index is 12.3. The average molecular weight is 345 g/mol. The van der Waals surface area contributed by atoms with Crippen LogP contribution in [0.25, 0.3) is 0 Å². The van der Waals surface area contributed by atoms with Crippen molar-refractivity contribution in [2.24, 2.45) is 0 Å². The molecule has 4 heteroatoms. The van der Waals surface area contributed by atoms with Crippen molar-refractivity contribution < 1.29 is 9.90 Å². The lowest BCUT2D eigenvalue weighted by Crippen LogP contribution is -2.48. The Morgan fingerprint density at radius 3 is 2.94 bits per heavy atom. The third-order valence-electron chi connectivity index (χ3n) is 3.03. The molecule has 1 fully saturated rings. The van der Waals surface area contributed by atoms with Gasteiger partial charge in [0, 0.05) is 22.2 Å². The Kier molecular flexibility index (Phi) is 3.73. The van der Waals surface area contributed by atoms with Gasteiger partial charge in [-0.05, 0) is 60.6 Å². The number of amides is 1. The first-order chi connectivity index (χ1) is 7.98. The zero-order valence-corrected chi connectivity index (χ0v) is 12.0. The van der Waals surface area contributed by atoms with E-state index in [9.17, 15) is 9.90 Å². The number of likely N-dealkylation sites (tertiary alicyclic amines) is 1. The van der Waals surface area contributed by atoms with Gasteiger partial charge >= 0.3 is 0 Å². The standard InChI is InChI=1S/C13H16INO2/c1-13(17)6-3-7-15(9-13)12(16)10-4-2-5-11(14)8-10/h2,4-5,8,17H,3,6-7,9H2,1H3. The van der Waals surface area contributed by atoms with Gasteiger partial charge in [-0.15, -0.1) is 0 Å². The molecule has 0 bridgehead atoms. The van der Waals surface area contributed by atoms with Crippen molar-refractivity contribution in [1.29, 1.82) is 0 Å². The summed E-state index contributed by atoms with van der Waals surface area (Å²) in [6.07, 6.45) is 1.63. The second kappa shape index (κ2) is 4.94. The summed E-state index contributed by atoms with van der Waals surface area (Å²) >= 11 is 2.20. The largest absolute Gasteiger partial charge is 0.388 e. The molecule has 1 aliphatic heterocycles. The van der Waals surface area contributed by atoms with Crippen LogP contribution >= 0.6 is 22.6 Å². The second-order valence-corrected chi connectivity index (χ2v) is 6.08. The molecule has 1 aromatic rings. The average Bonchev–Trinajstić information content (AvgIpc) is 2.26. The van der Waals surface area contributed by atoms with Crippen LogP contribution in [0.1, 0.15) is 30.1 Å².